The van der Waals surface area contributed by atoms with E-state index in [4.69, 9.17) is 9.84 Å². The molecule has 0 saturated heterocycles. The first-order valence-electron chi connectivity index (χ1n) is 12.4. The number of aliphatic hydroxyl groups excluding tert-OH is 4. The van der Waals surface area contributed by atoms with E-state index < -0.39 is 31.0 Å². The molecule has 0 saturated carbocycles. The van der Waals surface area contributed by atoms with Crippen molar-refractivity contribution in [1.82, 2.24) is 0 Å². The summed E-state index contributed by atoms with van der Waals surface area (Å²) in [6.07, 6.45) is 3.62. The van der Waals surface area contributed by atoms with Crippen LogP contribution in [0.5, 0.6) is 0 Å². The molecule has 1 aromatic carbocycles. The van der Waals surface area contributed by atoms with Crippen molar-refractivity contribution < 1.29 is 40.1 Å². The van der Waals surface area contributed by atoms with Crippen molar-refractivity contribution in [3.8, 4) is 0 Å². The number of hydrogen-bond acceptors (Lipinski definition) is 9. The van der Waals surface area contributed by atoms with Crippen molar-refractivity contribution in [2.45, 2.75) is 95.2 Å². The SMILES string of the molecule is O=NC(CO)C(O)C(O)C(O)C[NH2+]C(=O)CCCCCCCCCCC(=O)OCc1ccccc1. The normalized spacial score (nSPS) is 14.6. The van der Waals surface area contributed by atoms with E-state index in [0.29, 0.717) is 19.4 Å². The van der Waals surface area contributed by atoms with Crippen molar-refractivity contribution in [3.63, 3.8) is 0 Å². The van der Waals surface area contributed by atoms with Gasteiger partial charge in [0.25, 0.3) is 0 Å². The molecule has 4 atom stereocenters. The predicted octanol–water partition coefficient (Wildman–Crippen LogP) is 0.931. The van der Waals surface area contributed by atoms with Gasteiger partial charge in [0.05, 0.1) is 13.0 Å². The van der Waals surface area contributed by atoms with E-state index in [1.165, 1.54) is 5.32 Å². The van der Waals surface area contributed by atoms with E-state index in [1.807, 2.05) is 30.3 Å². The zero-order valence-electron chi connectivity index (χ0n) is 20.3. The first-order chi connectivity index (χ1) is 16.9. The highest BCUT2D eigenvalue weighted by atomic mass is 16.5. The standard InChI is InChI=1S/C25H40N2O8/c28-17-20(27-34)24(32)25(33)21(29)16-26-22(30)14-10-5-3-1-2-4-6-11-15-23(31)35-18-19-12-8-7-9-13-19/h7-9,12-13,20-21,24-25,28-29,32-33H,1-6,10-11,14-18H2,(H,26,30)/p+1. The number of quaternary nitrogens is 1. The largest absolute Gasteiger partial charge is 0.461 e. The van der Waals surface area contributed by atoms with Crippen LogP contribution in [0.1, 0.15) is 69.8 Å². The molecule has 0 heterocycles. The van der Waals surface area contributed by atoms with Gasteiger partial charge in [0.2, 0.25) is 0 Å². The summed E-state index contributed by atoms with van der Waals surface area (Å²) in [4.78, 5) is 34.2. The molecule has 0 aliphatic carbocycles. The van der Waals surface area contributed by atoms with Gasteiger partial charge in [-0.1, -0.05) is 74.0 Å². The van der Waals surface area contributed by atoms with Crippen LogP contribution in [0.25, 0.3) is 0 Å². The number of carbonyl (C=O) groups excluding carboxylic acids is 2. The molecule has 1 rings (SSSR count). The van der Waals surface area contributed by atoms with Crippen molar-refractivity contribution in [3.05, 3.63) is 40.8 Å². The number of primary amides is 1. The molecule has 0 radical (unpaired) electrons. The lowest BCUT2D eigenvalue weighted by Crippen LogP contribution is -2.90. The topological polar surface area (TPSA) is 170 Å². The number of rotatable bonds is 20. The summed E-state index contributed by atoms with van der Waals surface area (Å²) in [6.45, 7) is -0.593. The summed E-state index contributed by atoms with van der Waals surface area (Å²) >= 11 is 0. The molecule has 0 aliphatic heterocycles. The molecule has 10 heteroatoms. The van der Waals surface area contributed by atoms with Crippen molar-refractivity contribution in [2.24, 2.45) is 5.18 Å². The lowest BCUT2D eigenvalue weighted by atomic mass is 10.0. The molecule has 6 N–H and O–H groups in total. The Balaban J connectivity index is 1.96. The van der Waals surface area contributed by atoms with Crippen LogP contribution in [0.2, 0.25) is 0 Å². The second kappa shape index (κ2) is 19.0. The van der Waals surface area contributed by atoms with Gasteiger partial charge < -0.3 is 25.2 Å². The monoisotopic (exact) mass is 497 g/mol. The maximum atomic E-state index is 11.9. The average molecular weight is 498 g/mol. The number of ether oxygens (including phenoxy) is 1. The molecule has 0 spiro atoms. The molecule has 198 valence electrons. The van der Waals surface area contributed by atoms with E-state index in [-0.39, 0.29) is 18.4 Å². The number of esters is 1. The zero-order chi connectivity index (χ0) is 25.9. The Labute approximate surface area is 206 Å². The van der Waals surface area contributed by atoms with Crippen LogP contribution in [-0.4, -0.2) is 69.8 Å². The van der Waals surface area contributed by atoms with E-state index in [2.05, 4.69) is 5.18 Å². The fourth-order valence-electron chi connectivity index (χ4n) is 3.59. The zero-order valence-corrected chi connectivity index (χ0v) is 20.3. The summed E-state index contributed by atoms with van der Waals surface area (Å²) in [7, 11) is 0. The molecule has 4 unspecified atom stereocenters. The maximum absolute atomic E-state index is 11.9. The van der Waals surface area contributed by atoms with Crippen molar-refractivity contribution in [1.29, 1.82) is 0 Å². The Morgan fingerprint density at radius 2 is 1.43 bits per heavy atom. The summed E-state index contributed by atoms with van der Waals surface area (Å²) in [5.41, 5.74) is 0.984. The number of nitrogens with two attached hydrogens (primary N) is 1. The summed E-state index contributed by atoms with van der Waals surface area (Å²) in [5.74, 6) is -0.321. The van der Waals surface area contributed by atoms with E-state index in [9.17, 15) is 29.8 Å². The second-order valence-electron chi connectivity index (χ2n) is 8.78. The fourth-order valence-corrected chi connectivity index (χ4v) is 3.59. The quantitative estimate of drug-likeness (QED) is 0.101. The summed E-state index contributed by atoms with van der Waals surface area (Å²) in [6, 6.07) is 8.17. The van der Waals surface area contributed by atoms with Gasteiger partial charge >= 0.3 is 11.9 Å². The molecule has 0 aliphatic rings. The minimum atomic E-state index is -1.70. The Morgan fingerprint density at radius 1 is 0.857 bits per heavy atom. The number of nitrogens with zero attached hydrogens (tertiary/aromatic N) is 1. The van der Waals surface area contributed by atoms with Crippen LogP contribution in [0.15, 0.2) is 35.5 Å². The highest BCUT2D eigenvalue weighted by molar-refractivity contribution is 5.69. The molecule has 1 aromatic rings. The molecule has 10 nitrogen and oxygen atoms in total. The van der Waals surface area contributed by atoms with Gasteiger partial charge in [-0.05, 0) is 18.4 Å². The third kappa shape index (κ3) is 14.0. The van der Waals surface area contributed by atoms with Gasteiger partial charge in [0.15, 0.2) is 0 Å². The minimum absolute atomic E-state index is 0.155. The first kappa shape index (κ1) is 30.8. The van der Waals surface area contributed by atoms with E-state index in [0.717, 1.165) is 56.9 Å². The van der Waals surface area contributed by atoms with Crippen LogP contribution in [0, 0.1) is 4.91 Å². The van der Waals surface area contributed by atoms with Crippen LogP contribution in [0.3, 0.4) is 0 Å². The molecule has 0 aromatic heterocycles. The average Bonchev–Trinajstić information content (AvgIpc) is 2.87. The maximum Gasteiger partial charge on any atom is 0.310 e. The molecule has 0 fully saturated rings. The van der Waals surface area contributed by atoms with Crippen LogP contribution >= 0.6 is 0 Å². The Hall–Kier alpha value is -2.24. The van der Waals surface area contributed by atoms with Gasteiger partial charge in [0.1, 0.15) is 37.5 Å². The van der Waals surface area contributed by atoms with Crippen molar-refractivity contribution in [2.75, 3.05) is 13.2 Å². The number of unbranched alkanes of at least 4 members (excludes halogenated alkanes) is 7. The number of hydrogen-bond donors (Lipinski definition) is 5. The molecular formula is C25H41N2O8+. The van der Waals surface area contributed by atoms with Crippen LogP contribution < -0.4 is 5.32 Å². The number of aliphatic hydroxyl groups is 4. The lowest BCUT2D eigenvalue weighted by molar-refractivity contribution is -0.578. The Kier molecular flexibility index (Phi) is 16.7. The second-order valence-corrected chi connectivity index (χ2v) is 8.78. The van der Waals surface area contributed by atoms with Crippen LogP contribution in [-0.2, 0) is 20.9 Å². The first-order valence-corrected chi connectivity index (χ1v) is 12.4. The third-order valence-electron chi connectivity index (χ3n) is 5.84. The Morgan fingerprint density at radius 3 is 2.00 bits per heavy atom. The summed E-state index contributed by atoms with van der Waals surface area (Å²) in [5, 5.41) is 42.1. The predicted molar refractivity (Wildman–Crippen MR) is 129 cm³/mol. The van der Waals surface area contributed by atoms with E-state index in [1.54, 1.807) is 0 Å². The van der Waals surface area contributed by atoms with Gasteiger partial charge in [0, 0.05) is 6.42 Å². The van der Waals surface area contributed by atoms with Crippen LogP contribution in [0.4, 0.5) is 0 Å². The number of benzene rings is 1. The molecule has 35 heavy (non-hydrogen) atoms. The lowest BCUT2D eigenvalue weighted by Gasteiger charge is -2.23. The number of nitroso groups, excluding NO2 is 1. The molecular weight excluding hydrogens is 456 g/mol. The number of carbonyl (C=O) groups is 2. The van der Waals surface area contributed by atoms with Crippen molar-refractivity contribution >= 4 is 11.9 Å². The van der Waals surface area contributed by atoms with Gasteiger partial charge in [-0.2, -0.15) is 4.91 Å². The summed E-state index contributed by atoms with van der Waals surface area (Å²) < 4.78 is 5.26. The molecule has 1 amide bonds. The fraction of sp³-hybridized carbons (Fsp3) is 0.680. The van der Waals surface area contributed by atoms with Gasteiger partial charge in [-0.15, -0.1) is 0 Å². The minimum Gasteiger partial charge on any atom is -0.461 e. The van der Waals surface area contributed by atoms with E-state index >= 15 is 0 Å². The Bertz CT molecular complexity index is 719. The van der Waals surface area contributed by atoms with Gasteiger partial charge in [-0.3, -0.25) is 10.1 Å². The number of amides is 1. The third-order valence-corrected chi connectivity index (χ3v) is 5.84. The molecule has 0 bridgehead atoms. The smallest absolute Gasteiger partial charge is 0.310 e. The highest BCUT2D eigenvalue weighted by Crippen LogP contribution is 2.11. The van der Waals surface area contributed by atoms with Gasteiger partial charge in [-0.25, -0.2) is 4.79 Å². The highest BCUT2D eigenvalue weighted by Gasteiger charge is 2.33.